The van der Waals surface area contributed by atoms with Crippen molar-refractivity contribution in [2.24, 2.45) is 7.05 Å². The van der Waals surface area contributed by atoms with E-state index in [0.717, 1.165) is 21.5 Å². The monoisotopic (exact) mass is 327 g/mol. The molecule has 4 nitrogen and oxygen atoms in total. The second-order valence-corrected chi connectivity index (χ2v) is 6.33. The lowest BCUT2D eigenvalue weighted by atomic mass is 10.3. The van der Waals surface area contributed by atoms with Crippen molar-refractivity contribution in [1.29, 1.82) is 0 Å². The van der Waals surface area contributed by atoms with Gasteiger partial charge in [-0.15, -0.1) is 0 Å². The fraction of sp³-hybridized carbons (Fsp3) is 0.250. The van der Waals surface area contributed by atoms with Crippen LogP contribution in [0.25, 0.3) is 0 Å². The molecule has 18 heavy (non-hydrogen) atoms. The average Bonchev–Trinajstić information content (AvgIpc) is 2.72. The number of nitrogens with two attached hydrogens (primary N) is 1. The first-order chi connectivity index (χ1) is 8.58. The average molecular weight is 328 g/mol. The summed E-state index contributed by atoms with van der Waals surface area (Å²) >= 11 is 3.39. The first-order valence-electron chi connectivity index (χ1n) is 5.48. The highest BCUT2D eigenvalue weighted by Gasteiger charge is 2.09. The van der Waals surface area contributed by atoms with Crippen LogP contribution in [-0.2, 0) is 24.3 Å². The highest BCUT2D eigenvalue weighted by Crippen LogP contribution is 2.23. The minimum absolute atomic E-state index is 0.571. The van der Waals surface area contributed by atoms with E-state index < -0.39 is 10.8 Å². The Morgan fingerprint density at radius 3 is 2.83 bits per heavy atom. The minimum Gasteiger partial charge on any atom is -0.399 e. The molecule has 0 spiro atoms. The third-order valence-corrected chi connectivity index (χ3v) is 5.01. The molecule has 0 saturated carbocycles. The second kappa shape index (κ2) is 5.67. The Morgan fingerprint density at radius 1 is 1.44 bits per heavy atom. The fourth-order valence-electron chi connectivity index (χ4n) is 1.66. The quantitative estimate of drug-likeness (QED) is 0.875. The molecule has 0 bridgehead atoms. The number of halogens is 1. The number of nitrogens with zero attached hydrogens (tertiary/aromatic N) is 2. The first-order valence-corrected chi connectivity index (χ1v) is 7.59. The summed E-state index contributed by atoms with van der Waals surface area (Å²) in [6.45, 7) is 0. The van der Waals surface area contributed by atoms with E-state index in [1.165, 1.54) is 0 Å². The second-order valence-electron chi connectivity index (χ2n) is 3.94. The van der Waals surface area contributed by atoms with Crippen molar-refractivity contribution < 1.29 is 4.21 Å². The molecule has 0 aliphatic heterocycles. The molecule has 1 unspecified atom stereocenters. The van der Waals surface area contributed by atoms with Crippen LogP contribution in [-0.4, -0.2) is 19.7 Å². The van der Waals surface area contributed by atoms with Crippen LogP contribution in [0.1, 0.15) is 5.69 Å². The lowest BCUT2D eigenvalue weighted by molar-refractivity contribution is 0.678. The molecule has 2 rings (SSSR count). The summed E-state index contributed by atoms with van der Waals surface area (Å²) < 4.78 is 14.8. The van der Waals surface area contributed by atoms with Crippen molar-refractivity contribution in [3.8, 4) is 0 Å². The third-order valence-electron chi connectivity index (χ3n) is 2.67. The van der Waals surface area contributed by atoms with Crippen molar-refractivity contribution >= 4 is 32.4 Å². The molecule has 0 aliphatic rings. The molecule has 1 aromatic carbocycles. The molecule has 1 heterocycles. The van der Waals surface area contributed by atoms with Crippen LogP contribution >= 0.6 is 15.9 Å². The molecule has 0 fully saturated rings. The largest absolute Gasteiger partial charge is 0.399 e. The normalized spacial score (nSPS) is 12.6. The summed E-state index contributed by atoms with van der Waals surface area (Å²) in [5.41, 5.74) is 7.40. The molecule has 2 aromatic rings. The van der Waals surface area contributed by atoms with Gasteiger partial charge < -0.3 is 5.73 Å². The van der Waals surface area contributed by atoms with Crippen LogP contribution in [0.4, 0.5) is 5.69 Å². The summed E-state index contributed by atoms with van der Waals surface area (Å²) in [6, 6.07) is 7.29. The number of hydrogen-bond donors (Lipinski definition) is 1. The van der Waals surface area contributed by atoms with Gasteiger partial charge in [0, 0.05) is 41.3 Å². The molecule has 0 saturated heterocycles. The van der Waals surface area contributed by atoms with Gasteiger partial charge in [-0.3, -0.25) is 8.89 Å². The van der Waals surface area contributed by atoms with E-state index in [-0.39, 0.29) is 0 Å². The van der Waals surface area contributed by atoms with Crippen LogP contribution in [0.2, 0.25) is 0 Å². The van der Waals surface area contributed by atoms with Gasteiger partial charge in [0.2, 0.25) is 0 Å². The Hall–Kier alpha value is -1.14. The van der Waals surface area contributed by atoms with Crippen LogP contribution < -0.4 is 5.73 Å². The summed E-state index contributed by atoms with van der Waals surface area (Å²) in [5.74, 6) is 0.571. The molecule has 1 aromatic heterocycles. The standard InChI is InChI=1S/C12H14BrN3OS/c1-16-10(4-6-15-16)5-7-18(17)12-3-2-9(14)8-11(12)13/h2-4,6,8H,5,7,14H2,1H3. The lowest BCUT2D eigenvalue weighted by Crippen LogP contribution is -2.06. The SMILES string of the molecule is Cn1nccc1CCS(=O)c1ccc(N)cc1Br. The van der Waals surface area contributed by atoms with Gasteiger partial charge in [0.15, 0.2) is 0 Å². The molecule has 1 atom stereocenters. The van der Waals surface area contributed by atoms with Gasteiger partial charge in [0.05, 0.1) is 15.7 Å². The Kier molecular flexibility index (Phi) is 4.19. The van der Waals surface area contributed by atoms with E-state index in [1.54, 1.807) is 29.1 Å². The number of nitrogen functional groups attached to an aromatic ring is 1. The summed E-state index contributed by atoms with van der Waals surface area (Å²) in [4.78, 5) is 0.784. The van der Waals surface area contributed by atoms with Crippen molar-refractivity contribution in [2.75, 3.05) is 11.5 Å². The predicted octanol–water partition coefficient (Wildman–Crippen LogP) is 2.12. The molecule has 0 radical (unpaired) electrons. The van der Waals surface area contributed by atoms with Gasteiger partial charge in [0.25, 0.3) is 0 Å². The van der Waals surface area contributed by atoms with Gasteiger partial charge in [-0.2, -0.15) is 5.10 Å². The van der Waals surface area contributed by atoms with Gasteiger partial charge in [-0.05, 0) is 40.2 Å². The van der Waals surface area contributed by atoms with E-state index in [2.05, 4.69) is 21.0 Å². The van der Waals surface area contributed by atoms with E-state index in [1.807, 2.05) is 13.1 Å². The summed E-state index contributed by atoms with van der Waals surface area (Å²) in [6.07, 6.45) is 2.48. The maximum atomic E-state index is 12.2. The zero-order valence-corrected chi connectivity index (χ0v) is 12.4. The number of hydrogen-bond acceptors (Lipinski definition) is 3. The minimum atomic E-state index is -1.04. The number of aromatic nitrogens is 2. The van der Waals surface area contributed by atoms with Crippen molar-refractivity contribution in [3.63, 3.8) is 0 Å². The Morgan fingerprint density at radius 2 is 2.22 bits per heavy atom. The van der Waals surface area contributed by atoms with Gasteiger partial charge >= 0.3 is 0 Å². The van der Waals surface area contributed by atoms with Gasteiger partial charge in [-0.1, -0.05) is 0 Å². The van der Waals surface area contributed by atoms with Crippen LogP contribution in [0, 0.1) is 0 Å². The lowest BCUT2D eigenvalue weighted by Gasteiger charge is -2.06. The highest BCUT2D eigenvalue weighted by molar-refractivity contribution is 9.10. The zero-order chi connectivity index (χ0) is 13.1. The van der Waals surface area contributed by atoms with Gasteiger partial charge in [-0.25, -0.2) is 0 Å². The molecular formula is C12H14BrN3OS. The molecular weight excluding hydrogens is 314 g/mol. The number of aryl methyl sites for hydroxylation is 2. The topological polar surface area (TPSA) is 60.9 Å². The predicted molar refractivity (Wildman–Crippen MR) is 76.7 cm³/mol. The molecule has 6 heteroatoms. The smallest absolute Gasteiger partial charge is 0.0544 e. The van der Waals surface area contributed by atoms with E-state index >= 15 is 0 Å². The molecule has 0 amide bonds. The number of benzene rings is 1. The fourth-order valence-corrected chi connectivity index (χ4v) is 3.70. The van der Waals surface area contributed by atoms with Crippen molar-refractivity contribution in [3.05, 3.63) is 40.6 Å². The van der Waals surface area contributed by atoms with Crippen LogP contribution in [0.5, 0.6) is 0 Å². The maximum absolute atomic E-state index is 12.2. The van der Waals surface area contributed by atoms with Crippen molar-refractivity contribution in [1.82, 2.24) is 9.78 Å². The Labute approximate surface area is 117 Å². The Balaban J connectivity index is 2.06. The Bertz CT molecular complexity index is 582. The molecule has 96 valence electrons. The summed E-state index contributed by atoms with van der Waals surface area (Å²) in [7, 11) is 0.847. The van der Waals surface area contributed by atoms with Gasteiger partial charge in [0.1, 0.15) is 0 Å². The van der Waals surface area contributed by atoms with Crippen molar-refractivity contribution in [2.45, 2.75) is 11.3 Å². The van der Waals surface area contributed by atoms with Crippen LogP contribution in [0.3, 0.4) is 0 Å². The van der Waals surface area contributed by atoms with E-state index in [9.17, 15) is 4.21 Å². The maximum Gasteiger partial charge on any atom is 0.0544 e. The number of anilines is 1. The molecule has 2 N–H and O–H groups in total. The van der Waals surface area contributed by atoms with Crippen LogP contribution in [0.15, 0.2) is 39.8 Å². The van der Waals surface area contributed by atoms with E-state index in [4.69, 9.17) is 5.73 Å². The summed E-state index contributed by atoms with van der Waals surface area (Å²) in [5, 5.41) is 4.09. The zero-order valence-electron chi connectivity index (χ0n) is 9.97. The highest BCUT2D eigenvalue weighted by atomic mass is 79.9. The third kappa shape index (κ3) is 3.00. The molecule has 0 aliphatic carbocycles. The number of rotatable bonds is 4. The van der Waals surface area contributed by atoms with E-state index in [0.29, 0.717) is 11.4 Å². The first kappa shape index (κ1) is 13.3.